The standard InChI is InChI=1S/C17H19NO2S.C14H11FN2O2.C2H6/c1-18(2)12-13-6-3-4-7-14(13)15(19)9-10-16(20)17-8-5-11-21-17;15-10-4-3-9-17-14(10)13(19)7-6-12(18)11-5-1-2-8-16-11;1-2/h3-8,11H,9-10,12H2,1-2H3;1-5,8-9H,6-7H2;1-2H3. The lowest BCUT2D eigenvalue weighted by Crippen LogP contribution is -2.14. The van der Waals surface area contributed by atoms with Crippen LogP contribution in [0.1, 0.15) is 86.1 Å². The van der Waals surface area contributed by atoms with Crippen LogP contribution in [-0.4, -0.2) is 52.1 Å². The average Bonchev–Trinajstić information content (AvgIpc) is 3.56. The monoisotopic (exact) mass is 589 g/mol. The molecule has 0 unspecified atom stereocenters. The summed E-state index contributed by atoms with van der Waals surface area (Å²) in [7, 11) is 3.95. The molecule has 7 nitrogen and oxygen atoms in total. The number of ketones is 4. The number of Topliss-reactive ketones (excluding diaryl/α,β-unsaturated/α-hetero) is 4. The highest BCUT2D eigenvalue weighted by molar-refractivity contribution is 7.12. The first-order valence-electron chi connectivity index (χ1n) is 13.7. The molecule has 3 heterocycles. The van der Waals surface area contributed by atoms with Gasteiger partial charge in [-0.15, -0.1) is 11.3 Å². The third-order valence-corrected chi connectivity index (χ3v) is 6.64. The molecular formula is C33H36FN3O4S. The predicted octanol–water partition coefficient (Wildman–Crippen LogP) is 7.14. The van der Waals surface area contributed by atoms with Gasteiger partial charge in [0, 0.05) is 50.2 Å². The van der Waals surface area contributed by atoms with Crippen LogP contribution in [0.5, 0.6) is 0 Å². The van der Waals surface area contributed by atoms with Gasteiger partial charge in [-0.05, 0) is 55.4 Å². The molecule has 0 bridgehead atoms. The molecule has 0 N–H and O–H groups in total. The van der Waals surface area contributed by atoms with Gasteiger partial charge in [-0.25, -0.2) is 4.39 Å². The Morgan fingerprint density at radius 2 is 1.36 bits per heavy atom. The largest absolute Gasteiger partial charge is 0.305 e. The Morgan fingerprint density at radius 1 is 0.714 bits per heavy atom. The Hall–Kier alpha value is -4.21. The van der Waals surface area contributed by atoms with Crippen LogP contribution in [0.4, 0.5) is 4.39 Å². The van der Waals surface area contributed by atoms with Crippen LogP contribution in [0.15, 0.2) is 84.5 Å². The van der Waals surface area contributed by atoms with Gasteiger partial charge < -0.3 is 4.90 Å². The van der Waals surface area contributed by atoms with Gasteiger partial charge in [0.25, 0.3) is 0 Å². The molecule has 0 radical (unpaired) electrons. The fourth-order valence-electron chi connectivity index (χ4n) is 3.79. The molecule has 42 heavy (non-hydrogen) atoms. The maximum absolute atomic E-state index is 13.3. The van der Waals surface area contributed by atoms with Crippen LogP contribution in [0.3, 0.4) is 0 Å². The van der Waals surface area contributed by atoms with Crippen LogP contribution >= 0.6 is 11.3 Å². The summed E-state index contributed by atoms with van der Waals surface area (Å²) in [6.07, 6.45) is 3.30. The smallest absolute Gasteiger partial charge is 0.184 e. The number of pyridine rings is 2. The molecule has 4 rings (SSSR count). The summed E-state index contributed by atoms with van der Waals surface area (Å²) in [6.45, 7) is 4.72. The van der Waals surface area contributed by atoms with Gasteiger partial charge in [-0.2, -0.15) is 0 Å². The molecule has 3 aromatic heterocycles. The summed E-state index contributed by atoms with van der Waals surface area (Å²) >= 11 is 1.42. The van der Waals surface area contributed by atoms with Crippen molar-refractivity contribution >= 4 is 34.5 Å². The van der Waals surface area contributed by atoms with E-state index in [1.165, 1.54) is 35.9 Å². The van der Waals surface area contributed by atoms with E-state index in [2.05, 4.69) is 9.97 Å². The number of carbonyl (C=O) groups is 4. The lowest BCUT2D eigenvalue weighted by atomic mass is 9.99. The predicted molar refractivity (Wildman–Crippen MR) is 164 cm³/mol. The summed E-state index contributed by atoms with van der Waals surface area (Å²) < 4.78 is 13.3. The summed E-state index contributed by atoms with van der Waals surface area (Å²) in [5.41, 5.74) is 1.81. The third-order valence-electron chi connectivity index (χ3n) is 5.73. The molecule has 0 spiro atoms. The van der Waals surface area contributed by atoms with Crippen molar-refractivity contribution in [3.63, 3.8) is 0 Å². The molecule has 0 aliphatic heterocycles. The minimum Gasteiger partial charge on any atom is -0.305 e. The molecule has 4 aromatic rings. The molecule has 0 fully saturated rings. The fraction of sp³-hybridized carbons (Fsp3) is 0.273. The van der Waals surface area contributed by atoms with E-state index in [4.69, 9.17) is 0 Å². The maximum Gasteiger partial charge on any atom is 0.184 e. The van der Waals surface area contributed by atoms with E-state index in [1.807, 2.05) is 68.6 Å². The minimum absolute atomic E-state index is 0.00807. The fourth-order valence-corrected chi connectivity index (χ4v) is 4.48. The molecule has 220 valence electrons. The van der Waals surface area contributed by atoms with Crippen LogP contribution < -0.4 is 0 Å². The molecule has 0 aliphatic carbocycles. The van der Waals surface area contributed by atoms with Gasteiger partial charge in [0.2, 0.25) is 0 Å². The number of benzene rings is 1. The number of hydrogen-bond donors (Lipinski definition) is 0. The van der Waals surface area contributed by atoms with Crippen molar-refractivity contribution in [2.75, 3.05) is 14.1 Å². The summed E-state index contributed by atoms with van der Waals surface area (Å²) in [5, 5.41) is 1.88. The van der Waals surface area contributed by atoms with E-state index in [1.54, 1.807) is 24.3 Å². The average molecular weight is 590 g/mol. The normalized spacial score (nSPS) is 10.1. The van der Waals surface area contributed by atoms with Gasteiger partial charge >= 0.3 is 0 Å². The zero-order valence-electron chi connectivity index (χ0n) is 24.4. The molecule has 0 aliphatic rings. The van der Waals surface area contributed by atoms with Crippen molar-refractivity contribution < 1.29 is 23.6 Å². The van der Waals surface area contributed by atoms with Gasteiger partial charge in [-0.3, -0.25) is 29.1 Å². The summed E-state index contributed by atoms with van der Waals surface area (Å²) in [6, 6.07) is 18.8. The molecule has 0 atom stereocenters. The summed E-state index contributed by atoms with van der Waals surface area (Å²) in [4.78, 5) is 58.1. The van der Waals surface area contributed by atoms with Crippen LogP contribution in [0, 0.1) is 5.82 Å². The van der Waals surface area contributed by atoms with Crippen LogP contribution in [-0.2, 0) is 6.54 Å². The van der Waals surface area contributed by atoms with Crippen molar-refractivity contribution in [3.05, 3.63) is 118 Å². The molecule has 0 saturated heterocycles. The molecule has 0 amide bonds. The second-order valence-corrected chi connectivity index (χ2v) is 10.1. The first-order valence-corrected chi connectivity index (χ1v) is 14.5. The van der Waals surface area contributed by atoms with Crippen molar-refractivity contribution in [2.45, 2.75) is 46.1 Å². The Kier molecular flexibility index (Phi) is 14.8. The van der Waals surface area contributed by atoms with Crippen molar-refractivity contribution in [3.8, 4) is 0 Å². The molecule has 1 aromatic carbocycles. The van der Waals surface area contributed by atoms with Crippen LogP contribution in [0.25, 0.3) is 0 Å². The second-order valence-electron chi connectivity index (χ2n) is 9.11. The highest BCUT2D eigenvalue weighted by Crippen LogP contribution is 2.17. The van der Waals surface area contributed by atoms with E-state index in [-0.39, 0.29) is 48.7 Å². The van der Waals surface area contributed by atoms with Gasteiger partial charge in [0.15, 0.2) is 29.0 Å². The number of thiophene rings is 1. The zero-order valence-corrected chi connectivity index (χ0v) is 25.2. The zero-order chi connectivity index (χ0) is 30.9. The number of nitrogens with zero attached hydrogens (tertiary/aromatic N) is 3. The quantitative estimate of drug-likeness (QED) is 0.162. The Bertz CT molecular complexity index is 1440. The first kappa shape index (κ1) is 34.0. The van der Waals surface area contributed by atoms with Gasteiger partial charge in [-0.1, -0.05) is 50.2 Å². The lowest BCUT2D eigenvalue weighted by Gasteiger charge is -2.13. The Morgan fingerprint density at radius 3 is 2.00 bits per heavy atom. The number of carbonyl (C=O) groups excluding carboxylic acids is 4. The van der Waals surface area contributed by atoms with E-state index < -0.39 is 11.6 Å². The van der Waals surface area contributed by atoms with Crippen molar-refractivity contribution in [1.29, 1.82) is 0 Å². The highest BCUT2D eigenvalue weighted by atomic mass is 32.1. The Balaban J connectivity index is 0.000000278. The van der Waals surface area contributed by atoms with E-state index in [9.17, 15) is 23.6 Å². The molecule has 9 heteroatoms. The SMILES string of the molecule is CC.CN(C)Cc1ccccc1C(=O)CCC(=O)c1cccs1.O=C(CCC(=O)c1ncccc1F)c1ccccn1. The van der Waals surface area contributed by atoms with Crippen molar-refractivity contribution in [1.82, 2.24) is 14.9 Å². The van der Waals surface area contributed by atoms with E-state index in [0.717, 1.165) is 22.5 Å². The molecule has 0 saturated carbocycles. The minimum atomic E-state index is -0.669. The first-order chi connectivity index (χ1) is 20.3. The number of halogens is 1. The number of aromatic nitrogens is 2. The molecular weight excluding hydrogens is 553 g/mol. The van der Waals surface area contributed by atoms with E-state index >= 15 is 0 Å². The third kappa shape index (κ3) is 11.0. The maximum atomic E-state index is 13.3. The van der Waals surface area contributed by atoms with Crippen LogP contribution in [0.2, 0.25) is 0 Å². The van der Waals surface area contributed by atoms with Gasteiger partial charge in [0.1, 0.15) is 11.4 Å². The van der Waals surface area contributed by atoms with E-state index in [0.29, 0.717) is 5.69 Å². The lowest BCUT2D eigenvalue weighted by molar-refractivity contribution is 0.0910. The van der Waals surface area contributed by atoms with Crippen molar-refractivity contribution in [2.24, 2.45) is 0 Å². The van der Waals surface area contributed by atoms with Gasteiger partial charge in [0.05, 0.1) is 4.88 Å². The second kappa shape index (κ2) is 18.3. The number of rotatable bonds is 12. The summed E-state index contributed by atoms with van der Waals surface area (Å²) in [5.74, 6) is -1.31. The highest BCUT2D eigenvalue weighted by Gasteiger charge is 2.16. The Labute approximate surface area is 250 Å². The topological polar surface area (TPSA) is 97.3 Å². The number of hydrogen-bond acceptors (Lipinski definition) is 8.